The number of hydrogen-bond acceptors (Lipinski definition) is 5. The van der Waals surface area contributed by atoms with Crippen molar-refractivity contribution in [2.24, 2.45) is 5.73 Å². The molecular weight excluding hydrogens is 172 g/mol. The lowest BCUT2D eigenvalue weighted by Gasteiger charge is -2.11. The Labute approximate surface area is 66.6 Å². The average molecular weight is 181 g/mol. The van der Waals surface area contributed by atoms with E-state index in [1.165, 1.54) is 0 Å². The molecule has 0 aromatic heterocycles. The lowest BCUT2D eigenvalue weighted by atomic mass is 10.3. The van der Waals surface area contributed by atoms with E-state index in [1.807, 2.05) is 0 Å². The normalized spacial score (nSPS) is 15.5. The highest BCUT2D eigenvalue weighted by Crippen LogP contribution is 1.82. The molecule has 11 heavy (non-hydrogen) atoms. The Bertz CT molecular complexity index is 142. The Morgan fingerprint density at radius 2 is 2.45 bits per heavy atom. The minimum Gasteiger partial charge on any atom is -0.750 e. The third-order valence-corrected chi connectivity index (χ3v) is 1.17. The highest BCUT2D eigenvalue weighted by atomic mass is 32.2. The third kappa shape index (κ3) is 7.40. The van der Waals surface area contributed by atoms with E-state index in [1.54, 1.807) is 0 Å². The van der Waals surface area contributed by atoms with Gasteiger partial charge in [-0.2, -0.15) is 0 Å². The van der Waals surface area contributed by atoms with E-state index in [4.69, 9.17) is 5.73 Å². The molecule has 0 aliphatic carbocycles. The largest absolute Gasteiger partial charge is 0.750 e. The molecule has 2 unspecified atom stereocenters. The van der Waals surface area contributed by atoms with Gasteiger partial charge in [-0.25, -0.2) is 4.21 Å². The van der Waals surface area contributed by atoms with Gasteiger partial charge in [0.25, 0.3) is 0 Å². The van der Waals surface area contributed by atoms with Crippen LogP contribution in [-0.4, -0.2) is 34.4 Å². The van der Waals surface area contributed by atoms with Crippen molar-refractivity contribution < 1.29 is 17.7 Å². The predicted molar refractivity (Wildman–Crippen MR) is 36.9 cm³/mol. The van der Waals surface area contributed by atoms with E-state index in [2.05, 4.69) is 9.50 Å². The molecule has 66 valence electrons. The van der Waals surface area contributed by atoms with Crippen molar-refractivity contribution in [3.63, 3.8) is 0 Å². The summed E-state index contributed by atoms with van der Waals surface area (Å²) in [6, 6.07) is -0.502. The maximum Gasteiger partial charge on any atom is 0.207 e. The zero-order chi connectivity index (χ0) is 8.69. The van der Waals surface area contributed by atoms with Crippen LogP contribution in [0.5, 0.6) is 0 Å². The molecule has 0 fully saturated rings. The molecule has 0 aliphatic heterocycles. The first-order chi connectivity index (χ1) is 5.16. The number of nitrogens with two attached hydrogens (primary N) is 1. The van der Waals surface area contributed by atoms with Crippen LogP contribution in [0.3, 0.4) is 0 Å². The van der Waals surface area contributed by atoms with Gasteiger partial charge in [-0.1, -0.05) is 0 Å². The van der Waals surface area contributed by atoms with E-state index >= 15 is 0 Å². The topological polar surface area (TPSA) is 104 Å². The standard InChI is InChI=1S/C4H10N2O4S/c5-4(1-6-3-7)2-10-11(8)9/h3-4H,1-2,5H2,(H,6,7)(H,8,9)/p-1. The van der Waals surface area contributed by atoms with Gasteiger partial charge < -0.3 is 15.6 Å². The first-order valence-corrected chi connectivity index (χ1v) is 3.82. The maximum atomic E-state index is 9.81. The Kier molecular flexibility index (Phi) is 5.94. The van der Waals surface area contributed by atoms with Crippen LogP contribution in [0.25, 0.3) is 0 Å². The monoisotopic (exact) mass is 181 g/mol. The van der Waals surface area contributed by atoms with E-state index < -0.39 is 17.4 Å². The van der Waals surface area contributed by atoms with Gasteiger partial charge in [0.05, 0.1) is 18.0 Å². The second-order valence-electron chi connectivity index (χ2n) is 1.77. The third-order valence-electron chi connectivity index (χ3n) is 0.842. The van der Waals surface area contributed by atoms with Crippen LogP contribution in [-0.2, 0) is 20.3 Å². The van der Waals surface area contributed by atoms with Gasteiger partial charge in [0, 0.05) is 12.6 Å². The van der Waals surface area contributed by atoms with E-state index in [0.717, 1.165) is 0 Å². The lowest BCUT2D eigenvalue weighted by Crippen LogP contribution is -2.37. The summed E-state index contributed by atoms with van der Waals surface area (Å²) in [7, 11) is 0. The molecule has 3 N–H and O–H groups in total. The van der Waals surface area contributed by atoms with E-state index in [9.17, 15) is 13.6 Å². The summed E-state index contributed by atoms with van der Waals surface area (Å²) in [4.78, 5) is 9.72. The molecule has 2 atom stereocenters. The van der Waals surface area contributed by atoms with Crippen molar-refractivity contribution >= 4 is 17.8 Å². The summed E-state index contributed by atoms with van der Waals surface area (Å²) in [5, 5.41) is 2.29. The minimum atomic E-state index is -2.54. The predicted octanol–water partition coefficient (Wildman–Crippen LogP) is -2.13. The molecule has 0 spiro atoms. The fraction of sp³-hybridized carbons (Fsp3) is 0.750. The van der Waals surface area contributed by atoms with Crippen molar-refractivity contribution in [1.29, 1.82) is 0 Å². The molecule has 6 nitrogen and oxygen atoms in total. The number of amides is 1. The molecule has 7 heteroatoms. The van der Waals surface area contributed by atoms with Gasteiger partial charge in [-0.3, -0.25) is 8.98 Å². The molecule has 0 saturated carbocycles. The van der Waals surface area contributed by atoms with Crippen LogP contribution in [0.15, 0.2) is 0 Å². The SMILES string of the molecule is NC(CNC=O)COS(=O)[O-]. The molecular formula is C4H9N2O4S-. The zero-order valence-corrected chi connectivity index (χ0v) is 6.50. The number of carbonyl (C=O) groups is 1. The van der Waals surface area contributed by atoms with Gasteiger partial charge in [-0.15, -0.1) is 0 Å². The molecule has 0 radical (unpaired) electrons. The molecule has 1 amide bonds. The van der Waals surface area contributed by atoms with Crippen LogP contribution >= 0.6 is 0 Å². The summed E-state index contributed by atoms with van der Waals surface area (Å²) in [6.07, 6.45) is 0.480. The minimum absolute atomic E-state index is 0.128. The van der Waals surface area contributed by atoms with Crippen LogP contribution < -0.4 is 11.1 Å². The maximum absolute atomic E-state index is 9.81. The molecule has 0 aromatic carbocycles. The van der Waals surface area contributed by atoms with Crippen LogP contribution in [0.4, 0.5) is 0 Å². The number of rotatable bonds is 6. The van der Waals surface area contributed by atoms with Crippen molar-refractivity contribution in [3.05, 3.63) is 0 Å². The summed E-state index contributed by atoms with van der Waals surface area (Å²) >= 11 is -2.54. The van der Waals surface area contributed by atoms with Gasteiger partial charge in [0.15, 0.2) is 0 Å². The summed E-state index contributed by atoms with van der Waals surface area (Å²) < 4.78 is 23.8. The van der Waals surface area contributed by atoms with Crippen LogP contribution in [0, 0.1) is 0 Å². The van der Waals surface area contributed by atoms with Crippen molar-refractivity contribution in [3.8, 4) is 0 Å². The summed E-state index contributed by atoms with van der Waals surface area (Å²) in [6.45, 7) is 0.0671. The van der Waals surface area contributed by atoms with Crippen molar-refractivity contribution in [2.75, 3.05) is 13.2 Å². The highest BCUT2D eigenvalue weighted by Gasteiger charge is 2.00. The number of nitrogens with one attached hydrogen (secondary N) is 1. The molecule has 0 rings (SSSR count). The lowest BCUT2D eigenvalue weighted by molar-refractivity contribution is -0.109. The van der Waals surface area contributed by atoms with Gasteiger partial charge in [0.2, 0.25) is 6.41 Å². The highest BCUT2D eigenvalue weighted by molar-refractivity contribution is 7.74. The van der Waals surface area contributed by atoms with Crippen LogP contribution in [0.2, 0.25) is 0 Å². The van der Waals surface area contributed by atoms with E-state index in [0.29, 0.717) is 6.41 Å². The Morgan fingerprint density at radius 1 is 1.82 bits per heavy atom. The van der Waals surface area contributed by atoms with Gasteiger partial charge in [0.1, 0.15) is 0 Å². The molecule has 0 heterocycles. The van der Waals surface area contributed by atoms with Crippen molar-refractivity contribution in [2.45, 2.75) is 6.04 Å². The smallest absolute Gasteiger partial charge is 0.207 e. The molecule has 0 aromatic rings. The van der Waals surface area contributed by atoms with Crippen LogP contribution in [0.1, 0.15) is 0 Å². The van der Waals surface area contributed by atoms with E-state index in [-0.39, 0.29) is 13.2 Å². The Hall–Kier alpha value is -0.500. The second kappa shape index (κ2) is 6.23. The summed E-state index contributed by atoms with van der Waals surface area (Å²) in [5.74, 6) is 0. The molecule has 0 saturated heterocycles. The fourth-order valence-corrected chi connectivity index (χ4v) is 0.687. The molecule has 0 bridgehead atoms. The first kappa shape index (κ1) is 10.5. The van der Waals surface area contributed by atoms with Gasteiger partial charge >= 0.3 is 0 Å². The van der Waals surface area contributed by atoms with Gasteiger partial charge in [-0.05, 0) is 0 Å². The summed E-state index contributed by atoms with van der Waals surface area (Å²) in [5.41, 5.74) is 5.29. The first-order valence-electron chi connectivity index (χ1n) is 2.82. The quantitative estimate of drug-likeness (QED) is 0.360. The second-order valence-corrected chi connectivity index (χ2v) is 2.42. The number of carbonyl (C=O) groups excluding carboxylic acids is 1. The Morgan fingerprint density at radius 3 is 2.91 bits per heavy atom. The average Bonchev–Trinajstić information content (AvgIpc) is 1.97. The fourth-order valence-electron chi connectivity index (χ4n) is 0.401. The van der Waals surface area contributed by atoms with Crippen molar-refractivity contribution in [1.82, 2.24) is 5.32 Å². The zero-order valence-electron chi connectivity index (χ0n) is 5.69. The Balaban J connectivity index is 3.28. The molecule has 0 aliphatic rings. The number of hydrogen-bond donors (Lipinski definition) is 2.